The van der Waals surface area contributed by atoms with Crippen molar-refractivity contribution >= 4 is 5.97 Å². The van der Waals surface area contributed by atoms with Crippen LogP contribution in [0, 0.1) is 0 Å². The van der Waals surface area contributed by atoms with Crippen LogP contribution in [0.25, 0.3) is 0 Å². The van der Waals surface area contributed by atoms with Crippen molar-refractivity contribution in [3.05, 3.63) is 23.9 Å². The van der Waals surface area contributed by atoms with Crippen molar-refractivity contribution in [1.82, 2.24) is 4.98 Å². The number of carboxylic acid groups (broad SMARTS) is 1. The summed E-state index contributed by atoms with van der Waals surface area (Å²) in [6, 6.07) is 2.07. The van der Waals surface area contributed by atoms with E-state index in [4.69, 9.17) is 5.11 Å². The third-order valence-electron chi connectivity index (χ3n) is 1.41. The van der Waals surface area contributed by atoms with E-state index in [1.807, 2.05) is 0 Å². The molecule has 0 saturated heterocycles. The van der Waals surface area contributed by atoms with E-state index in [0.29, 0.717) is 0 Å². The molecule has 0 aliphatic heterocycles. The number of pyridine rings is 1. The monoisotopic (exact) mass is 221 g/mol. The van der Waals surface area contributed by atoms with Crippen LogP contribution in [0.3, 0.4) is 0 Å². The molecule has 7 heteroatoms. The molecular formula is C8H6F3NO3. The van der Waals surface area contributed by atoms with Crippen LogP contribution in [0.2, 0.25) is 0 Å². The van der Waals surface area contributed by atoms with Crippen molar-refractivity contribution in [3.63, 3.8) is 0 Å². The molecule has 0 spiro atoms. The van der Waals surface area contributed by atoms with Gasteiger partial charge in [0, 0.05) is 12.3 Å². The fourth-order valence-corrected chi connectivity index (χ4v) is 0.743. The molecule has 0 aliphatic rings. The normalized spacial score (nSPS) is 12.5. The SMILES string of the molecule is O=C(O)c1ccc(OC(F)C(F)F)nc1. The molecule has 1 aromatic rings. The van der Waals surface area contributed by atoms with E-state index in [9.17, 15) is 18.0 Å². The van der Waals surface area contributed by atoms with Gasteiger partial charge in [-0.05, 0) is 6.07 Å². The van der Waals surface area contributed by atoms with E-state index in [1.54, 1.807) is 0 Å². The number of halogens is 3. The molecule has 1 N–H and O–H groups in total. The minimum Gasteiger partial charge on any atom is -0.478 e. The van der Waals surface area contributed by atoms with Gasteiger partial charge in [-0.25, -0.2) is 18.6 Å². The van der Waals surface area contributed by atoms with Gasteiger partial charge in [0.15, 0.2) is 0 Å². The van der Waals surface area contributed by atoms with Crippen LogP contribution in [0.15, 0.2) is 18.3 Å². The van der Waals surface area contributed by atoms with E-state index < -0.39 is 24.6 Å². The summed E-state index contributed by atoms with van der Waals surface area (Å²) in [5.41, 5.74) is -0.144. The number of aromatic carboxylic acids is 1. The molecule has 0 bridgehead atoms. The number of aromatic nitrogens is 1. The third kappa shape index (κ3) is 3.12. The van der Waals surface area contributed by atoms with Crippen molar-refractivity contribution in [3.8, 4) is 5.88 Å². The number of hydrogen-bond donors (Lipinski definition) is 1. The number of carbonyl (C=O) groups is 1. The smallest absolute Gasteiger partial charge is 0.337 e. The summed E-state index contributed by atoms with van der Waals surface area (Å²) in [4.78, 5) is 13.7. The van der Waals surface area contributed by atoms with Gasteiger partial charge in [-0.2, -0.15) is 4.39 Å². The zero-order valence-corrected chi connectivity index (χ0v) is 7.23. The van der Waals surface area contributed by atoms with Crippen molar-refractivity contribution in [2.45, 2.75) is 12.8 Å². The molecule has 0 saturated carbocycles. The highest BCUT2D eigenvalue weighted by atomic mass is 19.3. The van der Waals surface area contributed by atoms with Gasteiger partial charge >= 0.3 is 12.4 Å². The first-order valence-corrected chi connectivity index (χ1v) is 3.79. The summed E-state index contributed by atoms with van der Waals surface area (Å²) in [6.07, 6.45) is -5.16. The van der Waals surface area contributed by atoms with Gasteiger partial charge in [0.1, 0.15) is 0 Å². The second-order valence-electron chi connectivity index (χ2n) is 2.49. The summed E-state index contributed by atoms with van der Waals surface area (Å²) in [7, 11) is 0. The first-order valence-electron chi connectivity index (χ1n) is 3.79. The maximum Gasteiger partial charge on any atom is 0.337 e. The molecule has 1 atom stereocenters. The molecule has 1 heterocycles. The van der Waals surface area contributed by atoms with Crippen LogP contribution in [-0.4, -0.2) is 28.8 Å². The fraction of sp³-hybridized carbons (Fsp3) is 0.250. The maximum atomic E-state index is 12.3. The van der Waals surface area contributed by atoms with Crippen molar-refractivity contribution in [2.75, 3.05) is 0 Å². The maximum absolute atomic E-state index is 12.3. The molecule has 15 heavy (non-hydrogen) atoms. The molecule has 1 aromatic heterocycles. The predicted octanol–water partition coefficient (Wildman–Crippen LogP) is 1.72. The molecule has 1 rings (SSSR count). The molecule has 0 radical (unpaired) electrons. The van der Waals surface area contributed by atoms with E-state index in [1.165, 1.54) is 0 Å². The second kappa shape index (κ2) is 4.63. The number of alkyl halides is 3. The third-order valence-corrected chi connectivity index (χ3v) is 1.41. The largest absolute Gasteiger partial charge is 0.478 e. The summed E-state index contributed by atoms with van der Waals surface area (Å²) in [5, 5.41) is 8.47. The highest BCUT2D eigenvalue weighted by Gasteiger charge is 2.21. The number of hydrogen-bond acceptors (Lipinski definition) is 3. The van der Waals surface area contributed by atoms with Crippen molar-refractivity contribution in [1.29, 1.82) is 0 Å². The molecule has 82 valence electrons. The standard InChI is InChI=1S/C8H6F3NO3/c9-6(10)7(11)15-5-2-1-4(3-12-5)8(13)14/h1-3,6-7H,(H,13,14). The highest BCUT2D eigenvalue weighted by molar-refractivity contribution is 5.87. The Labute approximate surface area is 82.3 Å². The number of carboxylic acids is 1. The lowest BCUT2D eigenvalue weighted by atomic mass is 10.3. The summed E-state index contributed by atoms with van der Waals surface area (Å²) < 4.78 is 39.8. The highest BCUT2D eigenvalue weighted by Crippen LogP contribution is 2.13. The van der Waals surface area contributed by atoms with Crippen LogP contribution >= 0.6 is 0 Å². The molecule has 4 nitrogen and oxygen atoms in total. The lowest BCUT2D eigenvalue weighted by molar-refractivity contribution is -0.0690. The van der Waals surface area contributed by atoms with E-state index in [0.717, 1.165) is 18.3 Å². The Bertz CT molecular complexity index is 341. The van der Waals surface area contributed by atoms with Gasteiger partial charge in [-0.1, -0.05) is 0 Å². The Morgan fingerprint density at radius 1 is 1.40 bits per heavy atom. The summed E-state index contributed by atoms with van der Waals surface area (Å²) in [6.45, 7) is 0. The number of ether oxygens (including phenoxy) is 1. The molecule has 0 aromatic carbocycles. The van der Waals surface area contributed by atoms with Crippen LogP contribution in [-0.2, 0) is 0 Å². The summed E-state index contributed by atoms with van der Waals surface area (Å²) >= 11 is 0. The molecule has 0 amide bonds. The lowest BCUT2D eigenvalue weighted by Gasteiger charge is -2.08. The molecule has 0 fully saturated rings. The molecule has 1 unspecified atom stereocenters. The van der Waals surface area contributed by atoms with Crippen LogP contribution in [0.4, 0.5) is 13.2 Å². The lowest BCUT2D eigenvalue weighted by Crippen LogP contribution is -2.20. The van der Waals surface area contributed by atoms with Crippen molar-refractivity contribution < 1.29 is 27.8 Å². The summed E-state index contributed by atoms with van der Waals surface area (Å²) in [5.74, 6) is -1.62. The second-order valence-corrected chi connectivity index (χ2v) is 2.49. The average molecular weight is 221 g/mol. The molecule has 0 aliphatic carbocycles. The van der Waals surface area contributed by atoms with E-state index in [-0.39, 0.29) is 5.56 Å². The topological polar surface area (TPSA) is 59.4 Å². The van der Waals surface area contributed by atoms with Crippen molar-refractivity contribution in [2.24, 2.45) is 0 Å². The van der Waals surface area contributed by atoms with Gasteiger partial charge in [-0.15, -0.1) is 0 Å². The Hall–Kier alpha value is -1.79. The Kier molecular flexibility index (Phi) is 3.48. The van der Waals surface area contributed by atoms with Gasteiger partial charge in [0.25, 0.3) is 6.36 Å². The first kappa shape index (κ1) is 11.3. The number of rotatable bonds is 4. The van der Waals surface area contributed by atoms with Gasteiger partial charge in [0.05, 0.1) is 5.56 Å². The fourth-order valence-electron chi connectivity index (χ4n) is 0.743. The molecular weight excluding hydrogens is 215 g/mol. The van der Waals surface area contributed by atoms with E-state index in [2.05, 4.69) is 9.72 Å². The van der Waals surface area contributed by atoms with Gasteiger partial charge in [0.2, 0.25) is 5.88 Å². The van der Waals surface area contributed by atoms with Crippen LogP contribution in [0.5, 0.6) is 5.88 Å². The minimum absolute atomic E-state index is 0.144. The number of nitrogens with zero attached hydrogens (tertiary/aromatic N) is 1. The average Bonchev–Trinajstić information content (AvgIpc) is 2.18. The zero-order valence-electron chi connectivity index (χ0n) is 7.23. The zero-order chi connectivity index (χ0) is 11.4. The van der Waals surface area contributed by atoms with Crippen LogP contribution < -0.4 is 4.74 Å². The van der Waals surface area contributed by atoms with E-state index >= 15 is 0 Å². The Morgan fingerprint density at radius 2 is 2.07 bits per heavy atom. The Morgan fingerprint density at radius 3 is 2.47 bits per heavy atom. The first-order chi connectivity index (χ1) is 7.00. The van der Waals surface area contributed by atoms with Crippen LogP contribution in [0.1, 0.15) is 10.4 Å². The van der Waals surface area contributed by atoms with Gasteiger partial charge in [-0.3, -0.25) is 0 Å². The minimum atomic E-state index is -3.27. The quantitative estimate of drug-likeness (QED) is 0.840. The predicted molar refractivity (Wildman–Crippen MR) is 42.7 cm³/mol. The van der Waals surface area contributed by atoms with Gasteiger partial charge < -0.3 is 9.84 Å². The Balaban J connectivity index is 2.68.